The summed E-state index contributed by atoms with van der Waals surface area (Å²) < 4.78 is 5.42. The van der Waals surface area contributed by atoms with Crippen LogP contribution in [0.4, 0.5) is 4.79 Å². The van der Waals surface area contributed by atoms with E-state index in [1.165, 1.54) is 0 Å². The van der Waals surface area contributed by atoms with E-state index in [1.807, 2.05) is 48.5 Å². The van der Waals surface area contributed by atoms with Crippen LogP contribution >= 0.6 is 0 Å². The summed E-state index contributed by atoms with van der Waals surface area (Å²) in [5.74, 6) is 0.355. The van der Waals surface area contributed by atoms with Crippen molar-refractivity contribution in [3.8, 4) is 23.5 Å². The molecule has 166 valence electrons. The second-order valence-electron chi connectivity index (χ2n) is 7.43. The molecule has 0 spiro atoms. The summed E-state index contributed by atoms with van der Waals surface area (Å²) in [4.78, 5) is 35.3. The fraction of sp³-hybridized carbons (Fsp3) is 0.292. The third-order valence-corrected chi connectivity index (χ3v) is 5.20. The number of rotatable bonds is 9. The van der Waals surface area contributed by atoms with E-state index in [-0.39, 0.29) is 25.5 Å². The number of alkyl carbamates (subject to hydrolysis) is 1. The summed E-state index contributed by atoms with van der Waals surface area (Å²) in [5, 5.41) is 23.1. The van der Waals surface area contributed by atoms with E-state index in [0.29, 0.717) is 0 Å². The molecule has 0 bridgehead atoms. The van der Waals surface area contributed by atoms with Gasteiger partial charge in [0.15, 0.2) is 0 Å². The molecule has 4 N–H and O–H groups in total. The van der Waals surface area contributed by atoms with Gasteiger partial charge in [0.1, 0.15) is 12.6 Å². The van der Waals surface area contributed by atoms with Crippen molar-refractivity contribution < 1.29 is 29.3 Å². The molecule has 2 atom stereocenters. The predicted octanol–water partition coefficient (Wildman–Crippen LogP) is 1.87. The zero-order chi connectivity index (χ0) is 23.1. The number of aliphatic carboxylic acids is 1. The standard InChI is InChI=1S/C24H24N2O6/c1-2-7-21(23(30)25-13-15(27)12-22(28)29)26-24(31)32-14-20-18-10-5-3-8-16(18)17-9-4-6-11-19(17)20/h1,3-6,8-11,15,20-21,27H,7,12-14H2,(H,25,30)(H,26,31)(H,28,29). The lowest BCUT2D eigenvalue weighted by atomic mass is 9.98. The Hall–Kier alpha value is -3.83. The van der Waals surface area contributed by atoms with Crippen LogP contribution in [-0.2, 0) is 14.3 Å². The fourth-order valence-corrected chi connectivity index (χ4v) is 3.72. The van der Waals surface area contributed by atoms with Gasteiger partial charge in [-0.05, 0) is 22.3 Å². The van der Waals surface area contributed by atoms with Gasteiger partial charge in [-0.25, -0.2) is 4.79 Å². The third-order valence-electron chi connectivity index (χ3n) is 5.20. The maximum absolute atomic E-state index is 12.4. The zero-order valence-corrected chi connectivity index (χ0v) is 17.3. The van der Waals surface area contributed by atoms with Crippen LogP contribution in [0.15, 0.2) is 48.5 Å². The number of carbonyl (C=O) groups is 3. The first-order chi connectivity index (χ1) is 15.4. The quantitative estimate of drug-likeness (QED) is 0.445. The van der Waals surface area contributed by atoms with Gasteiger partial charge in [-0.15, -0.1) is 12.3 Å². The minimum absolute atomic E-state index is 0.0849. The molecule has 0 saturated heterocycles. The number of terminal acetylenes is 1. The van der Waals surface area contributed by atoms with Gasteiger partial charge in [0.05, 0.1) is 12.5 Å². The summed E-state index contributed by atoms with van der Waals surface area (Å²) >= 11 is 0. The first-order valence-corrected chi connectivity index (χ1v) is 10.1. The lowest BCUT2D eigenvalue weighted by Gasteiger charge is -2.19. The van der Waals surface area contributed by atoms with Gasteiger partial charge < -0.3 is 25.6 Å². The Morgan fingerprint density at radius 2 is 1.66 bits per heavy atom. The second kappa shape index (κ2) is 10.5. The van der Waals surface area contributed by atoms with Crippen LogP contribution in [0.2, 0.25) is 0 Å². The summed E-state index contributed by atoms with van der Waals surface area (Å²) in [6.07, 6.45) is 2.64. The molecule has 2 aromatic carbocycles. The maximum atomic E-state index is 12.4. The molecule has 8 heteroatoms. The van der Waals surface area contributed by atoms with Gasteiger partial charge in [-0.3, -0.25) is 9.59 Å². The number of aliphatic hydroxyl groups is 1. The molecule has 2 unspecified atom stereocenters. The zero-order valence-electron chi connectivity index (χ0n) is 17.3. The number of fused-ring (bicyclic) bond motifs is 3. The van der Waals surface area contributed by atoms with E-state index in [9.17, 15) is 19.5 Å². The van der Waals surface area contributed by atoms with E-state index in [4.69, 9.17) is 16.3 Å². The van der Waals surface area contributed by atoms with Crippen LogP contribution in [0.3, 0.4) is 0 Å². The molecule has 32 heavy (non-hydrogen) atoms. The highest BCUT2D eigenvalue weighted by Crippen LogP contribution is 2.44. The van der Waals surface area contributed by atoms with Crippen LogP contribution in [0.1, 0.15) is 29.9 Å². The largest absolute Gasteiger partial charge is 0.481 e. The number of carbonyl (C=O) groups excluding carboxylic acids is 2. The number of amides is 2. The minimum atomic E-state index is -1.25. The first kappa shape index (κ1) is 22.8. The molecule has 0 aliphatic heterocycles. The number of nitrogens with one attached hydrogen (secondary N) is 2. The van der Waals surface area contributed by atoms with Crippen molar-refractivity contribution in [2.75, 3.05) is 13.2 Å². The van der Waals surface area contributed by atoms with E-state index >= 15 is 0 Å². The molecule has 1 aliphatic rings. The lowest BCUT2D eigenvalue weighted by molar-refractivity contribution is -0.139. The van der Waals surface area contributed by atoms with Gasteiger partial charge in [-0.2, -0.15) is 0 Å². The Balaban J connectivity index is 1.59. The number of carboxylic acids is 1. The molecule has 0 radical (unpaired) electrons. The van der Waals surface area contributed by atoms with Crippen molar-refractivity contribution in [3.63, 3.8) is 0 Å². The highest BCUT2D eigenvalue weighted by molar-refractivity contribution is 5.86. The Labute approximate surface area is 185 Å². The molecule has 8 nitrogen and oxygen atoms in total. The number of benzene rings is 2. The van der Waals surface area contributed by atoms with E-state index in [0.717, 1.165) is 22.3 Å². The SMILES string of the molecule is C#CCC(NC(=O)OCC1c2ccccc2-c2ccccc21)C(=O)NCC(O)CC(=O)O. The monoisotopic (exact) mass is 436 g/mol. The summed E-state index contributed by atoms with van der Waals surface area (Å²) in [6, 6.07) is 14.8. The first-order valence-electron chi connectivity index (χ1n) is 10.1. The molecule has 0 fully saturated rings. The Bertz CT molecular complexity index is 999. The average Bonchev–Trinajstić information content (AvgIpc) is 3.09. The number of aliphatic hydroxyl groups excluding tert-OH is 1. The topological polar surface area (TPSA) is 125 Å². The number of ether oxygens (including phenoxy) is 1. The summed E-state index contributed by atoms with van der Waals surface area (Å²) in [5.41, 5.74) is 4.32. The number of carboxylic acid groups (broad SMARTS) is 1. The van der Waals surface area contributed by atoms with Crippen molar-refractivity contribution in [2.24, 2.45) is 0 Å². The van der Waals surface area contributed by atoms with Crippen molar-refractivity contribution in [2.45, 2.75) is 30.9 Å². The molecule has 0 heterocycles. The smallest absolute Gasteiger partial charge is 0.407 e. The second-order valence-corrected chi connectivity index (χ2v) is 7.43. The lowest BCUT2D eigenvalue weighted by Crippen LogP contribution is -2.48. The predicted molar refractivity (Wildman–Crippen MR) is 117 cm³/mol. The highest BCUT2D eigenvalue weighted by atomic mass is 16.5. The third kappa shape index (κ3) is 5.45. The molecular weight excluding hydrogens is 412 g/mol. The average molecular weight is 436 g/mol. The maximum Gasteiger partial charge on any atom is 0.407 e. The van der Waals surface area contributed by atoms with Crippen LogP contribution in [0.25, 0.3) is 11.1 Å². The number of hydrogen-bond acceptors (Lipinski definition) is 5. The van der Waals surface area contributed by atoms with E-state index in [1.54, 1.807) is 0 Å². The van der Waals surface area contributed by atoms with Crippen LogP contribution < -0.4 is 10.6 Å². The molecular formula is C24H24N2O6. The summed E-state index contributed by atoms with van der Waals surface area (Å²) in [6.45, 7) is -0.194. The molecule has 0 saturated carbocycles. The van der Waals surface area contributed by atoms with Gasteiger partial charge in [0.2, 0.25) is 5.91 Å². The Morgan fingerprint density at radius 3 is 2.22 bits per heavy atom. The fourth-order valence-electron chi connectivity index (χ4n) is 3.72. The Kier molecular flexibility index (Phi) is 7.47. The van der Waals surface area contributed by atoms with Crippen molar-refractivity contribution in [3.05, 3.63) is 59.7 Å². The summed E-state index contributed by atoms with van der Waals surface area (Å²) in [7, 11) is 0. The molecule has 2 aromatic rings. The van der Waals surface area contributed by atoms with Gasteiger partial charge >= 0.3 is 12.1 Å². The van der Waals surface area contributed by atoms with Gasteiger partial charge in [0.25, 0.3) is 0 Å². The van der Waals surface area contributed by atoms with Gasteiger partial charge in [-0.1, -0.05) is 48.5 Å². The minimum Gasteiger partial charge on any atom is -0.481 e. The highest BCUT2D eigenvalue weighted by Gasteiger charge is 2.29. The molecule has 1 aliphatic carbocycles. The van der Waals surface area contributed by atoms with Crippen LogP contribution in [0, 0.1) is 12.3 Å². The van der Waals surface area contributed by atoms with E-state index in [2.05, 4.69) is 16.6 Å². The van der Waals surface area contributed by atoms with Gasteiger partial charge in [0, 0.05) is 18.9 Å². The van der Waals surface area contributed by atoms with Crippen LogP contribution in [-0.4, -0.2) is 53.5 Å². The normalized spacial score (nSPS) is 13.8. The molecule has 0 aromatic heterocycles. The van der Waals surface area contributed by atoms with Crippen LogP contribution in [0.5, 0.6) is 0 Å². The van der Waals surface area contributed by atoms with E-state index < -0.39 is 36.5 Å². The van der Waals surface area contributed by atoms with Crippen molar-refractivity contribution in [1.82, 2.24) is 10.6 Å². The van der Waals surface area contributed by atoms with Crippen molar-refractivity contribution in [1.29, 1.82) is 0 Å². The molecule has 3 rings (SSSR count). The Morgan fingerprint density at radius 1 is 1.06 bits per heavy atom. The number of hydrogen-bond donors (Lipinski definition) is 4. The van der Waals surface area contributed by atoms with Crippen molar-refractivity contribution >= 4 is 18.0 Å². The molecule has 2 amide bonds.